The van der Waals surface area contributed by atoms with Crippen molar-refractivity contribution in [2.75, 3.05) is 6.54 Å². The molecule has 6 nitrogen and oxygen atoms in total. The summed E-state index contributed by atoms with van der Waals surface area (Å²) in [7, 11) is -3.56. The summed E-state index contributed by atoms with van der Waals surface area (Å²) in [5.41, 5.74) is 0.258. The molecule has 1 aliphatic heterocycles. The SMILES string of the molecule is C[C@@H]1CCCCN1S(=O)(=O)c1ccc(C(=O)O[C@H]2CCCCC2=O)cc1. The standard InChI is InChI=1S/C19H25NO5S/c1-14-6-4-5-13-20(14)26(23,24)16-11-9-15(10-12-16)19(22)25-18-8-3-2-7-17(18)21/h9-12,14,18H,2-8,13H2,1H3/t14-,18+/m1/s1. The molecule has 1 saturated carbocycles. The van der Waals surface area contributed by atoms with Crippen molar-refractivity contribution in [3.8, 4) is 0 Å². The zero-order valence-electron chi connectivity index (χ0n) is 15.0. The molecule has 0 N–H and O–H groups in total. The molecule has 0 bridgehead atoms. The van der Waals surface area contributed by atoms with Gasteiger partial charge in [-0.15, -0.1) is 0 Å². The molecule has 142 valence electrons. The molecule has 26 heavy (non-hydrogen) atoms. The lowest BCUT2D eigenvalue weighted by atomic mass is 9.96. The van der Waals surface area contributed by atoms with Crippen LogP contribution in [0.15, 0.2) is 29.2 Å². The van der Waals surface area contributed by atoms with Gasteiger partial charge in [-0.25, -0.2) is 13.2 Å². The van der Waals surface area contributed by atoms with Gasteiger partial charge < -0.3 is 4.74 Å². The maximum Gasteiger partial charge on any atom is 0.338 e. The van der Waals surface area contributed by atoms with Crippen LogP contribution in [0.25, 0.3) is 0 Å². The molecule has 2 aliphatic rings. The van der Waals surface area contributed by atoms with Crippen LogP contribution in [-0.4, -0.2) is 43.2 Å². The van der Waals surface area contributed by atoms with Gasteiger partial charge in [-0.05, 0) is 63.3 Å². The fourth-order valence-corrected chi connectivity index (χ4v) is 5.30. The van der Waals surface area contributed by atoms with Crippen LogP contribution in [0.2, 0.25) is 0 Å². The minimum absolute atomic E-state index is 0.0179. The molecule has 1 aromatic rings. The Bertz CT molecular complexity index is 772. The van der Waals surface area contributed by atoms with Crippen LogP contribution in [0.4, 0.5) is 0 Å². The molecule has 1 aliphatic carbocycles. The lowest BCUT2D eigenvalue weighted by Crippen LogP contribution is -2.41. The number of ether oxygens (including phenoxy) is 1. The molecule has 1 saturated heterocycles. The Morgan fingerprint density at radius 1 is 1.08 bits per heavy atom. The Labute approximate surface area is 154 Å². The largest absolute Gasteiger partial charge is 0.451 e. The smallest absolute Gasteiger partial charge is 0.338 e. The molecule has 1 heterocycles. The lowest BCUT2D eigenvalue weighted by Gasteiger charge is -2.32. The van der Waals surface area contributed by atoms with Gasteiger partial charge in [0.25, 0.3) is 0 Å². The predicted octanol–water partition coefficient (Wildman–Crippen LogP) is 2.92. The van der Waals surface area contributed by atoms with Gasteiger partial charge in [0.1, 0.15) is 0 Å². The second-order valence-electron chi connectivity index (χ2n) is 7.09. The maximum absolute atomic E-state index is 12.8. The first-order valence-electron chi connectivity index (χ1n) is 9.25. The molecule has 1 aromatic carbocycles. The number of sulfonamides is 1. The van der Waals surface area contributed by atoms with Crippen molar-refractivity contribution in [2.24, 2.45) is 0 Å². The van der Waals surface area contributed by atoms with E-state index >= 15 is 0 Å². The Morgan fingerprint density at radius 3 is 2.42 bits per heavy atom. The molecule has 0 radical (unpaired) electrons. The number of ketones is 1. The number of esters is 1. The van der Waals surface area contributed by atoms with Gasteiger partial charge in [-0.1, -0.05) is 6.42 Å². The third-order valence-corrected chi connectivity index (χ3v) is 7.21. The highest BCUT2D eigenvalue weighted by molar-refractivity contribution is 7.89. The molecule has 0 spiro atoms. The zero-order valence-corrected chi connectivity index (χ0v) is 15.8. The Morgan fingerprint density at radius 2 is 1.77 bits per heavy atom. The molecule has 7 heteroatoms. The van der Waals surface area contributed by atoms with Gasteiger partial charge >= 0.3 is 5.97 Å². The van der Waals surface area contributed by atoms with Crippen LogP contribution in [0.1, 0.15) is 62.2 Å². The number of carbonyl (C=O) groups excluding carboxylic acids is 2. The van der Waals surface area contributed by atoms with Crippen LogP contribution in [-0.2, 0) is 19.6 Å². The zero-order chi connectivity index (χ0) is 18.7. The van der Waals surface area contributed by atoms with Crippen molar-refractivity contribution in [3.05, 3.63) is 29.8 Å². The average Bonchev–Trinajstić information content (AvgIpc) is 2.64. The molecule has 2 fully saturated rings. The van der Waals surface area contributed by atoms with Crippen molar-refractivity contribution >= 4 is 21.8 Å². The van der Waals surface area contributed by atoms with E-state index in [2.05, 4.69) is 0 Å². The first kappa shape index (κ1) is 19.0. The molecule has 0 amide bonds. The van der Waals surface area contributed by atoms with Crippen LogP contribution in [0.5, 0.6) is 0 Å². The van der Waals surface area contributed by atoms with E-state index in [-0.39, 0.29) is 22.3 Å². The Hall–Kier alpha value is -1.73. The number of piperidine rings is 1. The van der Waals surface area contributed by atoms with E-state index in [1.165, 1.54) is 28.6 Å². The Balaban J connectivity index is 1.71. The third kappa shape index (κ3) is 3.99. The minimum atomic E-state index is -3.56. The topological polar surface area (TPSA) is 80.8 Å². The number of Topliss-reactive ketones (excluding diaryl/α,β-unsaturated/α-hetero) is 1. The quantitative estimate of drug-likeness (QED) is 0.752. The van der Waals surface area contributed by atoms with Crippen molar-refractivity contribution < 1.29 is 22.7 Å². The Kier molecular flexibility index (Phi) is 5.77. The normalized spacial score (nSPS) is 25.0. The number of hydrogen-bond acceptors (Lipinski definition) is 5. The summed E-state index contributed by atoms with van der Waals surface area (Å²) in [6.07, 6.45) is 4.81. The summed E-state index contributed by atoms with van der Waals surface area (Å²) < 4.78 is 32.4. The number of hydrogen-bond donors (Lipinski definition) is 0. The van der Waals surface area contributed by atoms with Crippen LogP contribution in [0, 0.1) is 0 Å². The van der Waals surface area contributed by atoms with Crippen LogP contribution >= 0.6 is 0 Å². The summed E-state index contributed by atoms with van der Waals surface area (Å²) >= 11 is 0. The van der Waals surface area contributed by atoms with Crippen molar-refractivity contribution in [3.63, 3.8) is 0 Å². The van der Waals surface area contributed by atoms with E-state index in [0.717, 1.165) is 32.1 Å². The van der Waals surface area contributed by atoms with Gasteiger partial charge in [-0.2, -0.15) is 4.31 Å². The molecular weight excluding hydrogens is 354 g/mol. The fraction of sp³-hybridized carbons (Fsp3) is 0.579. The number of rotatable bonds is 4. The first-order valence-corrected chi connectivity index (χ1v) is 10.7. The van der Waals surface area contributed by atoms with Crippen molar-refractivity contribution in [1.82, 2.24) is 4.31 Å². The van der Waals surface area contributed by atoms with E-state index in [4.69, 9.17) is 4.74 Å². The van der Waals surface area contributed by atoms with E-state index < -0.39 is 22.1 Å². The number of carbonyl (C=O) groups is 2. The highest BCUT2D eigenvalue weighted by Crippen LogP contribution is 2.25. The minimum Gasteiger partial charge on any atom is -0.451 e. The van der Waals surface area contributed by atoms with Gasteiger partial charge in [0, 0.05) is 19.0 Å². The van der Waals surface area contributed by atoms with Gasteiger partial charge in [0.05, 0.1) is 10.5 Å². The summed E-state index contributed by atoms with van der Waals surface area (Å²) in [5.74, 6) is -0.622. The second kappa shape index (κ2) is 7.88. The van der Waals surface area contributed by atoms with Crippen molar-refractivity contribution in [1.29, 1.82) is 0 Å². The van der Waals surface area contributed by atoms with E-state index in [1.54, 1.807) is 0 Å². The number of benzene rings is 1. The van der Waals surface area contributed by atoms with Crippen LogP contribution in [0.3, 0.4) is 0 Å². The van der Waals surface area contributed by atoms with Crippen molar-refractivity contribution in [2.45, 2.75) is 68.9 Å². The summed E-state index contributed by atoms with van der Waals surface area (Å²) in [4.78, 5) is 24.2. The van der Waals surface area contributed by atoms with E-state index in [0.29, 0.717) is 19.4 Å². The molecule has 3 rings (SSSR count). The number of nitrogens with zero attached hydrogens (tertiary/aromatic N) is 1. The third-order valence-electron chi connectivity index (χ3n) is 5.19. The summed E-state index contributed by atoms with van der Waals surface area (Å²) in [6, 6.07) is 5.77. The monoisotopic (exact) mass is 379 g/mol. The second-order valence-corrected chi connectivity index (χ2v) is 8.98. The maximum atomic E-state index is 12.8. The van der Waals surface area contributed by atoms with Gasteiger partial charge in [-0.3, -0.25) is 4.79 Å². The molecular formula is C19H25NO5S. The molecule has 2 atom stereocenters. The first-order chi connectivity index (χ1) is 12.4. The summed E-state index contributed by atoms with van der Waals surface area (Å²) in [5, 5.41) is 0. The fourth-order valence-electron chi connectivity index (χ4n) is 3.60. The highest BCUT2D eigenvalue weighted by atomic mass is 32.2. The van der Waals surface area contributed by atoms with Gasteiger partial charge in [0.15, 0.2) is 11.9 Å². The van der Waals surface area contributed by atoms with Crippen LogP contribution < -0.4 is 0 Å². The molecule has 0 unspecified atom stereocenters. The average molecular weight is 379 g/mol. The lowest BCUT2D eigenvalue weighted by molar-refractivity contribution is -0.129. The van der Waals surface area contributed by atoms with Gasteiger partial charge in [0.2, 0.25) is 10.0 Å². The summed E-state index contributed by atoms with van der Waals surface area (Å²) in [6.45, 7) is 2.45. The molecule has 0 aromatic heterocycles. The predicted molar refractivity (Wildman–Crippen MR) is 96.3 cm³/mol. The van der Waals surface area contributed by atoms with E-state index in [1.807, 2.05) is 6.92 Å². The van der Waals surface area contributed by atoms with E-state index in [9.17, 15) is 18.0 Å². The highest BCUT2D eigenvalue weighted by Gasteiger charge is 2.31.